The van der Waals surface area contributed by atoms with Gasteiger partial charge in [-0.05, 0) is 13.3 Å². The van der Waals surface area contributed by atoms with E-state index in [-0.39, 0.29) is 24.7 Å². The van der Waals surface area contributed by atoms with Crippen molar-refractivity contribution in [2.24, 2.45) is 13.0 Å². The molecule has 0 aliphatic carbocycles. The van der Waals surface area contributed by atoms with Crippen molar-refractivity contribution >= 4 is 12.1 Å². The highest BCUT2D eigenvalue weighted by Crippen LogP contribution is 2.38. The molecule has 0 aromatic carbocycles. The summed E-state index contributed by atoms with van der Waals surface area (Å²) in [5.41, 5.74) is -1.45. The number of alkyl halides is 3. The highest BCUT2D eigenvalue weighted by molar-refractivity contribution is 5.73. The summed E-state index contributed by atoms with van der Waals surface area (Å²) >= 11 is 0. The fraction of sp³-hybridized carbons (Fsp3) is 0.643. The van der Waals surface area contributed by atoms with Gasteiger partial charge in [0, 0.05) is 17.5 Å². The second-order valence-electron chi connectivity index (χ2n) is 5.04. The minimum absolute atomic E-state index is 0.0414. The molecule has 0 saturated carbocycles. The molecule has 1 rings (SSSR count). The molecule has 0 fully saturated rings. The molecule has 146 valence electrons. The smallest absolute Gasteiger partial charge is 0.433 e. The van der Waals surface area contributed by atoms with Crippen LogP contribution in [0.3, 0.4) is 0 Å². The SMILES string of the molecule is CCOC(=O)C(CC)[C@H](C[N+](=O)[O-])c1cnn(C)c1C(F)(F)F.O=C=O. The van der Waals surface area contributed by atoms with Crippen LogP contribution in [0.4, 0.5) is 13.2 Å². The van der Waals surface area contributed by atoms with Crippen LogP contribution in [0.15, 0.2) is 6.20 Å². The van der Waals surface area contributed by atoms with Crippen molar-refractivity contribution in [2.45, 2.75) is 32.4 Å². The van der Waals surface area contributed by atoms with Gasteiger partial charge >= 0.3 is 18.3 Å². The number of halogens is 3. The van der Waals surface area contributed by atoms with Crippen LogP contribution in [0.1, 0.15) is 37.4 Å². The van der Waals surface area contributed by atoms with Crippen LogP contribution in [0, 0.1) is 16.0 Å². The molecule has 1 heterocycles. The van der Waals surface area contributed by atoms with Crippen LogP contribution < -0.4 is 0 Å². The van der Waals surface area contributed by atoms with E-state index in [0.717, 1.165) is 13.2 Å². The van der Waals surface area contributed by atoms with Crippen LogP contribution in [0.2, 0.25) is 0 Å². The molecule has 0 N–H and O–H groups in total. The minimum atomic E-state index is -4.73. The van der Waals surface area contributed by atoms with Crippen molar-refractivity contribution in [3.63, 3.8) is 0 Å². The lowest BCUT2D eigenvalue weighted by molar-refractivity contribution is -0.484. The average molecular weight is 381 g/mol. The molecule has 12 heteroatoms. The molecule has 0 saturated heterocycles. The molecule has 0 amide bonds. The summed E-state index contributed by atoms with van der Waals surface area (Å²) in [6.07, 6.45) is -3.44. The van der Waals surface area contributed by atoms with Gasteiger partial charge in [-0.15, -0.1) is 0 Å². The summed E-state index contributed by atoms with van der Waals surface area (Å²) in [4.78, 5) is 38.4. The zero-order chi connectivity index (χ0) is 20.5. The molecule has 0 aliphatic heterocycles. The Labute approximate surface area is 146 Å². The first kappa shape index (κ1) is 23.2. The van der Waals surface area contributed by atoms with Gasteiger partial charge in [0.2, 0.25) is 6.54 Å². The van der Waals surface area contributed by atoms with Crippen molar-refractivity contribution in [3.8, 4) is 0 Å². The van der Waals surface area contributed by atoms with Crippen molar-refractivity contribution in [1.82, 2.24) is 9.78 Å². The van der Waals surface area contributed by atoms with Crippen LogP contribution in [-0.2, 0) is 32.3 Å². The van der Waals surface area contributed by atoms with E-state index in [2.05, 4.69) is 5.10 Å². The number of nitro groups is 1. The first-order chi connectivity index (χ1) is 12.0. The molecule has 2 atom stereocenters. The number of hydrogen-bond donors (Lipinski definition) is 0. The number of hydrogen-bond acceptors (Lipinski definition) is 7. The van der Waals surface area contributed by atoms with E-state index in [1.54, 1.807) is 13.8 Å². The van der Waals surface area contributed by atoms with E-state index < -0.39 is 41.1 Å². The van der Waals surface area contributed by atoms with Crippen LogP contribution in [0.5, 0.6) is 0 Å². The maximum atomic E-state index is 13.2. The lowest BCUT2D eigenvalue weighted by Crippen LogP contribution is -2.30. The number of esters is 1. The maximum Gasteiger partial charge on any atom is 0.433 e. The first-order valence-corrected chi connectivity index (χ1v) is 7.41. The van der Waals surface area contributed by atoms with E-state index in [0.29, 0.717) is 4.68 Å². The number of carbonyl (C=O) groups is 1. The fourth-order valence-corrected chi connectivity index (χ4v) is 2.54. The molecule has 26 heavy (non-hydrogen) atoms. The van der Waals surface area contributed by atoms with E-state index in [9.17, 15) is 28.1 Å². The zero-order valence-corrected chi connectivity index (χ0v) is 14.3. The molecule has 0 aliphatic rings. The third-order valence-electron chi connectivity index (χ3n) is 3.50. The van der Waals surface area contributed by atoms with E-state index in [1.807, 2.05) is 0 Å². The van der Waals surface area contributed by atoms with E-state index in [1.165, 1.54) is 0 Å². The highest BCUT2D eigenvalue weighted by atomic mass is 19.4. The van der Waals surface area contributed by atoms with E-state index >= 15 is 0 Å². The summed E-state index contributed by atoms with van der Waals surface area (Å²) in [6.45, 7) is 2.35. The Hall–Kier alpha value is -2.75. The number of aromatic nitrogens is 2. The Morgan fingerprint density at radius 1 is 1.42 bits per heavy atom. The molecule has 0 radical (unpaired) electrons. The van der Waals surface area contributed by atoms with E-state index in [4.69, 9.17) is 14.3 Å². The summed E-state index contributed by atoms with van der Waals surface area (Å²) in [7, 11) is 1.10. The topological polar surface area (TPSA) is 121 Å². The van der Waals surface area contributed by atoms with Gasteiger partial charge in [0.15, 0.2) is 0 Å². The van der Waals surface area contributed by atoms with Gasteiger partial charge in [0.25, 0.3) is 0 Å². The largest absolute Gasteiger partial charge is 0.466 e. The molecule has 0 spiro atoms. The van der Waals surface area contributed by atoms with Crippen molar-refractivity contribution in [2.75, 3.05) is 13.2 Å². The van der Waals surface area contributed by atoms with Gasteiger partial charge in [-0.3, -0.25) is 19.6 Å². The zero-order valence-electron chi connectivity index (χ0n) is 14.3. The van der Waals surface area contributed by atoms with Crippen molar-refractivity contribution < 1.29 is 37.2 Å². The lowest BCUT2D eigenvalue weighted by atomic mass is 9.84. The second-order valence-corrected chi connectivity index (χ2v) is 5.04. The molecule has 1 unspecified atom stereocenters. The minimum Gasteiger partial charge on any atom is -0.466 e. The third-order valence-corrected chi connectivity index (χ3v) is 3.50. The van der Waals surface area contributed by atoms with Crippen molar-refractivity contribution in [1.29, 1.82) is 0 Å². The van der Waals surface area contributed by atoms with Gasteiger partial charge in [0.1, 0.15) is 5.69 Å². The monoisotopic (exact) mass is 381 g/mol. The van der Waals surface area contributed by atoms with Crippen LogP contribution in [-0.4, -0.2) is 40.0 Å². The normalized spacial score (nSPS) is 13.0. The summed E-state index contributed by atoms with van der Waals surface area (Å²) in [5.74, 6) is -3.07. The average Bonchev–Trinajstić information content (AvgIpc) is 2.89. The molecule has 1 aromatic heterocycles. The van der Waals surface area contributed by atoms with Gasteiger partial charge < -0.3 is 4.74 Å². The number of rotatable bonds is 7. The Balaban J connectivity index is 0.00000194. The number of aryl methyl sites for hydroxylation is 1. The van der Waals surface area contributed by atoms with Gasteiger partial charge in [-0.1, -0.05) is 6.92 Å². The van der Waals surface area contributed by atoms with Gasteiger partial charge in [-0.25, -0.2) is 0 Å². The molecule has 0 bridgehead atoms. The number of ether oxygens (including phenoxy) is 1. The predicted molar refractivity (Wildman–Crippen MR) is 78.2 cm³/mol. The highest BCUT2D eigenvalue weighted by Gasteiger charge is 2.43. The second kappa shape index (κ2) is 10.3. The quantitative estimate of drug-likeness (QED) is 0.401. The standard InChI is InChI=1S/C13H18F3N3O4.CO2/c1-4-8(12(20)23-5-2)10(7-19(21)22)9-6-17-18(3)11(9)13(14,15)16;2-1-3/h6,8,10H,4-5,7H2,1-3H3;/t8?,10-;/m0./s1. The van der Waals surface area contributed by atoms with Gasteiger partial charge in [0.05, 0.1) is 24.6 Å². The predicted octanol–water partition coefficient (Wildman–Crippen LogP) is 1.80. The van der Waals surface area contributed by atoms with Crippen LogP contribution >= 0.6 is 0 Å². The Kier molecular flexibility index (Phi) is 9.20. The summed E-state index contributed by atoms with van der Waals surface area (Å²) in [5, 5.41) is 14.5. The molecule has 9 nitrogen and oxygen atoms in total. The summed E-state index contributed by atoms with van der Waals surface area (Å²) in [6, 6.07) is 0. The Morgan fingerprint density at radius 3 is 2.35 bits per heavy atom. The number of nitrogens with zero attached hydrogens (tertiary/aromatic N) is 3. The van der Waals surface area contributed by atoms with Crippen molar-refractivity contribution in [3.05, 3.63) is 27.6 Å². The first-order valence-electron chi connectivity index (χ1n) is 7.41. The third kappa shape index (κ3) is 6.28. The Morgan fingerprint density at radius 2 is 1.96 bits per heavy atom. The maximum absolute atomic E-state index is 13.2. The summed E-state index contributed by atoms with van der Waals surface area (Å²) < 4.78 is 45.1. The Bertz CT molecular complexity index is 653. The molecular formula is C14H18F3N3O6. The number of carbonyl (C=O) groups excluding carboxylic acids is 3. The van der Waals surface area contributed by atoms with Gasteiger partial charge in [-0.2, -0.15) is 27.9 Å². The lowest BCUT2D eigenvalue weighted by Gasteiger charge is -2.22. The molecular weight excluding hydrogens is 363 g/mol. The fourth-order valence-electron chi connectivity index (χ4n) is 2.54. The molecule has 1 aromatic rings. The van der Waals surface area contributed by atoms with Crippen LogP contribution in [0.25, 0.3) is 0 Å².